The molecule has 0 aliphatic heterocycles. The fourth-order valence-corrected chi connectivity index (χ4v) is 1.88. The van der Waals surface area contributed by atoms with E-state index in [1.165, 1.54) is 4.90 Å². The Bertz CT molecular complexity index is 230. The lowest BCUT2D eigenvalue weighted by Gasteiger charge is -2.35. The Balaban J connectivity index is 4.16. The van der Waals surface area contributed by atoms with Crippen LogP contribution < -0.4 is 5.32 Å². The van der Waals surface area contributed by atoms with Crippen LogP contribution in [0.3, 0.4) is 0 Å². The van der Waals surface area contributed by atoms with Crippen LogP contribution in [0.4, 0.5) is 0 Å². The summed E-state index contributed by atoms with van der Waals surface area (Å²) >= 11 is 0. The van der Waals surface area contributed by atoms with Crippen molar-refractivity contribution in [3.63, 3.8) is 0 Å². The van der Waals surface area contributed by atoms with E-state index in [9.17, 15) is 15.3 Å². The SMILES string of the molecule is CC(O)NCCCCN(CN(C(C)O)C(C)O)C(C)O. The predicted molar refractivity (Wildman–Crippen MR) is 77.4 cm³/mol. The second-order valence-electron chi connectivity index (χ2n) is 5.20. The Morgan fingerprint density at radius 3 is 1.80 bits per heavy atom. The molecule has 20 heavy (non-hydrogen) atoms. The van der Waals surface area contributed by atoms with E-state index >= 15 is 0 Å². The Morgan fingerprint density at radius 2 is 1.40 bits per heavy atom. The number of hydrogen-bond acceptors (Lipinski definition) is 7. The second kappa shape index (κ2) is 10.4. The summed E-state index contributed by atoms with van der Waals surface area (Å²) in [4.78, 5) is 3.27. The topological polar surface area (TPSA) is 99.4 Å². The summed E-state index contributed by atoms with van der Waals surface area (Å²) in [6, 6.07) is 0. The van der Waals surface area contributed by atoms with Crippen LogP contribution >= 0.6 is 0 Å². The number of aliphatic hydroxyl groups is 4. The molecule has 0 aromatic carbocycles. The van der Waals surface area contributed by atoms with E-state index in [1.807, 2.05) is 0 Å². The summed E-state index contributed by atoms with van der Waals surface area (Å²) in [5, 5.41) is 40.9. The molecular formula is C13H31N3O4. The summed E-state index contributed by atoms with van der Waals surface area (Å²) in [6.45, 7) is 8.15. The molecule has 0 saturated carbocycles. The van der Waals surface area contributed by atoms with Crippen molar-refractivity contribution in [2.75, 3.05) is 19.8 Å². The molecular weight excluding hydrogens is 262 g/mol. The van der Waals surface area contributed by atoms with Crippen LogP contribution in [0.1, 0.15) is 40.5 Å². The molecule has 0 aromatic heterocycles. The maximum atomic E-state index is 9.75. The molecule has 0 bridgehead atoms. The maximum Gasteiger partial charge on any atom is 0.107 e. The minimum atomic E-state index is -0.784. The lowest BCUT2D eigenvalue weighted by Crippen LogP contribution is -2.50. The van der Waals surface area contributed by atoms with Crippen LogP contribution in [0.15, 0.2) is 0 Å². The van der Waals surface area contributed by atoms with Crippen molar-refractivity contribution in [3.8, 4) is 0 Å². The molecule has 0 fully saturated rings. The van der Waals surface area contributed by atoms with Crippen molar-refractivity contribution < 1.29 is 20.4 Å². The maximum absolute atomic E-state index is 9.75. The lowest BCUT2D eigenvalue weighted by molar-refractivity contribution is -0.130. The third-order valence-electron chi connectivity index (χ3n) is 3.15. The zero-order valence-electron chi connectivity index (χ0n) is 13.0. The van der Waals surface area contributed by atoms with Crippen LogP contribution in [0.5, 0.6) is 0 Å². The van der Waals surface area contributed by atoms with E-state index in [2.05, 4.69) is 5.32 Å². The summed E-state index contributed by atoms with van der Waals surface area (Å²) in [5.74, 6) is 0. The third-order valence-corrected chi connectivity index (χ3v) is 3.15. The van der Waals surface area contributed by atoms with E-state index in [4.69, 9.17) is 5.11 Å². The molecule has 4 atom stereocenters. The van der Waals surface area contributed by atoms with Gasteiger partial charge < -0.3 is 20.4 Å². The van der Waals surface area contributed by atoms with Crippen LogP contribution in [-0.2, 0) is 0 Å². The molecule has 0 rings (SSSR count). The minimum Gasteiger partial charge on any atom is -0.379 e. The summed E-state index contributed by atoms with van der Waals surface area (Å²) in [7, 11) is 0. The van der Waals surface area contributed by atoms with Crippen molar-refractivity contribution in [2.24, 2.45) is 0 Å². The fourth-order valence-electron chi connectivity index (χ4n) is 1.88. The second-order valence-corrected chi connectivity index (χ2v) is 5.20. The number of nitrogens with zero attached hydrogens (tertiary/aromatic N) is 2. The number of hydrogen-bond donors (Lipinski definition) is 5. The molecule has 0 heterocycles. The van der Waals surface area contributed by atoms with Crippen LogP contribution in [0, 0.1) is 0 Å². The van der Waals surface area contributed by atoms with E-state index < -0.39 is 24.9 Å². The van der Waals surface area contributed by atoms with Gasteiger partial charge in [0.15, 0.2) is 0 Å². The quantitative estimate of drug-likeness (QED) is 0.253. The number of rotatable bonds is 11. The predicted octanol–water partition coefficient (Wildman–Crippen LogP) is -0.729. The molecule has 4 unspecified atom stereocenters. The molecule has 0 aliphatic carbocycles. The van der Waals surface area contributed by atoms with Gasteiger partial charge in [0.05, 0.1) is 6.67 Å². The van der Waals surface area contributed by atoms with Crippen molar-refractivity contribution in [1.82, 2.24) is 15.1 Å². The van der Waals surface area contributed by atoms with Gasteiger partial charge in [-0.2, -0.15) is 0 Å². The Labute approximate surface area is 121 Å². The number of nitrogens with one attached hydrogen (secondary N) is 1. The standard InChI is InChI=1S/C13H31N3O4/c1-10(17)14-7-5-6-8-15(11(2)18)9-16(12(3)19)13(4)20/h10-14,17-20H,5-9H2,1-4H3. The van der Waals surface area contributed by atoms with Gasteiger partial charge in [-0.3, -0.25) is 10.2 Å². The van der Waals surface area contributed by atoms with E-state index in [0.29, 0.717) is 13.1 Å². The first-order valence-electron chi connectivity index (χ1n) is 7.21. The van der Waals surface area contributed by atoms with Crippen molar-refractivity contribution in [3.05, 3.63) is 0 Å². The van der Waals surface area contributed by atoms with E-state index in [-0.39, 0.29) is 6.67 Å². The van der Waals surface area contributed by atoms with Gasteiger partial charge in [-0.1, -0.05) is 0 Å². The van der Waals surface area contributed by atoms with Gasteiger partial charge in [0.1, 0.15) is 24.9 Å². The molecule has 0 amide bonds. The third kappa shape index (κ3) is 8.80. The Morgan fingerprint density at radius 1 is 0.850 bits per heavy atom. The Hall–Kier alpha value is -0.280. The van der Waals surface area contributed by atoms with Crippen molar-refractivity contribution in [1.29, 1.82) is 0 Å². The number of aliphatic hydroxyl groups excluding tert-OH is 4. The normalized spacial score (nSPS) is 18.3. The average Bonchev–Trinajstić information content (AvgIpc) is 2.30. The van der Waals surface area contributed by atoms with Gasteiger partial charge in [0.2, 0.25) is 0 Å². The molecule has 0 radical (unpaired) electrons. The first-order valence-corrected chi connectivity index (χ1v) is 7.21. The van der Waals surface area contributed by atoms with Gasteiger partial charge in [-0.25, -0.2) is 4.90 Å². The van der Waals surface area contributed by atoms with Crippen LogP contribution in [0.25, 0.3) is 0 Å². The highest BCUT2D eigenvalue weighted by molar-refractivity contribution is 4.64. The van der Waals surface area contributed by atoms with Crippen LogP contribution in [-0.4, -0.2) is 74.9 Å². The van der Waals surface area contributed by atoms with Gasteiger partial charge >= 0.3 is 0 Å². The van der Waals surface area contributed by atoms with Gasteiger partial charge in [0.25, 0.3) is 0 Å². The van der Waals surface area contributed by atoms with Gasteiger partial charge in [0, 0.05) is 6.54 Å². The molecule has 0 saturated heterocycles. The molecule has 0 spiro atoms. The fraction of sp³-hybridized carbons (Fsp3) is 1.00. The lowest BCUT2D eigenvalue weighted by atomic mass is 10.3. The molecule has 5 N–H and O–H groups in total. The average molecular weight is 293 g/mol. The van der Waals surface area contributed by atoms with Gasteiger partial charge in [-0.15, -0.1) is 0 Å². The summed E-state index contributed by atoms with van der Waals surface area (Å²) < 4.78 is 0. The first kappa shape index (κ1) is 19.7. The molecule has 7 heteroatoms. The highest BCUT2D eigenvalue weighted by Crippen LogP contribution is 2.07. The van der Waals surface area contributed by atoms with Gasteiger partial charge in [-0.05, 0) is 47.1 Å². The van der Waals surface area contributed by atoms with E-state index in [1.54, 1.807) is 32.6 Å². The van der Waals surface area contributed by atoms with Crippen molar-refractivity contribution in [2.45, 2.75) is 65.4 Å². The molecule has 0 aliphatic rings. The molecule has 7 nitrogen and oxygen atoms in total. The zero-order valence-corrected chi connectivity index (χ0v) is 13.0. The smallest absolute Gasteiger partial charge is 0.107 e. The highest BCUT2D eigenvalue weighted by atomic mass is 16.3. The molecule has 122 valence electrons. The number of unbranched alkanes of at least 4 members (excludes halogenated alkanes) is 1. The highest BCUT2D eigenvalue weighted by Gasteiger charge is 2.21. The van der Waals surface area contributed by atoms with Crippen molar-refractivity contribution >= 4 is 0 Å². The first-order chi connectivity index (χ1) is 9.25. The minimum absolute atomic E-state index is 0.289. The van der Waals surface area contributed by atoms with Crippen LogP contribution in [0.2, 0.25) is 0 Å². The Kier molecular flexibility index (Phi) is 10.3. The molecule has 0 aromatic rings. The zero-order chi connectivity index (χ0) is 15.7. The monoisotopic (exact) mass is 293 g/mol. The van der Waals surface area contributed by atoms with E-state index in [0.717, 1.165) is 12.8 Å². The summed E-state index contributed by atoms with van der Waals surface area (Å²) in [6.07, 6.45) is -1.01. The largest absolute Gasteiger partial charge is 0.379 e. The summed E-state index contributed by atoms with van der Waals surface area (Å²) in [5.41, 5.74) is 0.